The van der Waals surface area contributed by atoms with Gasteiger partial charge in [-0.2, -0.15) is 0 Å². The van der Waals surface area contributed by atoms with Gasteiger partial charge in [-0.25, -0.2) is 4.39 Å². The van der Waals surface area contributed by atoms with Crippen molar-refractivity contribution in [2.45, 2.75) is 20.4 Å². The van der Waals surface area contributed by atoms with Gasteiger partial charge in [0.1, 0.15) is 11.5 Å². The normalized spacial score (nSPS) is 14.9. The molecule has 0 unspecified atom stereocenters. The van der Waals surface area contributed by atoms with Gasteiger partial charge in [-0.05, 0) is 79.7 Å². The second-order valence-electron chi connectivity index (χ2n) is 8.36. The zero-order valence-corrected chi connectivity index (χ0v) is 21.0. The Balaban J connectivity index is 1.55. The number of halogens is 2. The molecule has 1 saturated heterocycles. The summed E-state index contributed by atoms with van der Waals surface area (Å²) in [4.78, 5) is 14.8. The van der Waals surface area contributed by atoms with Gasteiger partial charge in [-0.1, -0.05) is 40.2 Å². The summed E-state index contributed by atoms with van der Waals surface area (Å²) in [5, 5.41) is 4.36. The van der Waals surface area contributed by atoms with E-state index in [1.165, 1.54) is 11.0 Å². The fourth-order valence-corrected chi connectivity index (χ4v) is 4.80. The van der Waals surface area contributed by atoms with Crippen LogP contribution in [0.5, 0.6) is 0 Å². The molecule has 0 radical (unpaired) electrons. The fraction of sp³-hybridized carbons (Fsp3) is 0.111. The molecule has 1 aromatic heterocycles. The Labute approximate surface area is 210 Å². The van der Waals surface area contributed by atoms with Crippen LogP contribution in [-0.4, -0.2) is 15.6 Å². The number of hydrogen-bond donors (Lipinski definition) is 1. The topological polar surface area (TPSA) is 37.3 Å². The Morgan fingerprint density at radius 1 is 1.06 bits per heavy atom. The van der Waals surface area contributed by atoms with E-state index in [1.807, 2.05) is 73.2 Å². The van der Waals surface area contributed by atoms with Gasteiger partial charge in [-0.15, -0.1) is 0 Å². The van der Waals surface area contributed by atoms with Gasteiger partial charge in [0.25, 0.3) is 5.91 Å². The molecular weight excluding hydrogens is 513 g/mol. The molecule has 2 heterocycles. The predicted molar refractivity (Wildman–Crippen MR) is 142 cm³/mol. The van der Waals surface area contributed by atoms with Crippen LogP contribution < -0.4 is 10.2 Å². The van der Waals surface area contributed by atoms with Crippen molar-refractivity contribution in [1.82, 2.24) is 9.88 Å². The molecule has 1 fully saturated rings. The first-order valence-electron chi connectivity index (χ1n) is 10.8. The first-order chi connectivity index (χ1) is 16.3. The number of thiocarbonyl (C=S) groups is 1. The highest BCUT2D eigenvalue weighted by Crippen LogP contribution is 2.30. The van der Waals surface area contributed by atoms with Crippen molar-refractivity contribution in [2.75, 3.05) is 4.90 Å². The molecule has 170 valence electrons. The fourth-order valence-electron chi connectivity index (χ4n) is 4.14. The molecule has 4 nitrogen and oxygen atoms in total. The van der Waals surface area contributed by atoms with Crippen LogP contribution in [0.3, 0.4) is 0 Å². The molecule has 0 spiro atoms. The highest BCUT2D eigenvalue weighted by molar-refractivity contribution is 9.10. The number of aryl methyl sites for hydroxylation is 2. The molecule has 0 atom stereocenters. The van der Waals surface area contributed by atoms with Crippen molar-refractivity contribution in [1.29, 1.82) is 0 Å². The highest BCUT2D eigenvalue weighted by Gasteiger charge is 2.32. The van der Waals surface area contributed by atoms with Gasteiger partial charge >= 0.3 is 0 Å². The quantitative estimate of drug-likeness (QED) is 0.241. The summed E-state index contributed by atoms with van der Waals surface area (Å²) < 4.78 is 17.2. The SMILES string of the molecule is Cc1ccc(N2C(=O)/C(=C/c3cn(Cc4ccccc4F)c4ccc(Br)cc34)NC2=S)cc1C. The summed E-state index contributed by atoms with van der Waals surface area (Å²) >= 11 is 9.03. The molecule has 0 bridgehead atoms. The number of rotatable bonds is 4. The third-order valence-corrected chi connectivity index (χ3v) is 6.88. The molecule has 7 heteroatoms. The summed E-state index contributed by atoms with van der Waals surface area (Å²) in [6, 6.07) is 18.5. The lowest BCUT2D eigenvalue weighted by Crippen LogP contribution is -2.30. The Bertz CT molecular complexity index is 1510. The number of nitrogens with zero attached hydrogens (tertiary/aromatic N) is 2. The minimum Gasteiger partial charge on any atom is -0.342 e. The first-order valence-corrected chi connectivity index (χ1v) is 12.0. The third kappa shape index (κ3) is 4.06. The van der Waals surface area contributed by atoms with E-state index in [1.54, 1.807) is 12.1 Å². The maximum atomic E-state index is 14.3. The van der Waals surface area contributed by atoms with Crippen LogP contribution in [0.4, 0.5) is 10.1 Å². The minimum atomic E-state index is -0.247. The smallest absolute Gasteiger partial charge is 0.281 e. The summed E-state index contributed by atoms with van der Waals surface area (Å²) in [6.45, 7) is 4.42. The Kier molecular flexibility index (Phi) is 5.83. The average molecular weight is 534 g/mol. The lowest BCUT2D eigenvalue weighted by Gasteiger charge is -2.15. The number of hydrogen-bond acceptors (Lipinski definition) is 2. The summed E-state index contributed by atoms with van der Waals surface area (Å²) in [5.74, 6) is -0.457. The van der Waals surface area contributed by atoms with Gasteiger partial charge in [0.05, 0.1) is 12.2 Å². The number of carbonyl (C=O) groups is 1. The Hall–Kier alpha value is -3.29. The Morgan fingerprint density at radius 2 is 1.85 bits per heavy atom. The first kappa shape index (κ1) is 22.5. The van der Waals surface area contributed by atoms with E-state index in [2.05, 4.69) is 21.2 Å². The van der Waals surface area contributed by atoms with Crippen LogP contribution in [0, 0.1) is 19.7 Å². The maximum absolute atomic E-state index is 14.3. The van der Waals surface area contributed by atoms with Crippen LogP contribution in [0.15, 0.2) is 77.0 Å². The van der Waals surface area contributed by atoms with Gasteiger partial charge in [0.15, 0.2) is 5.11 Å². The third-order valence-electron chi connectivity index (χ3n) is 6.10. The van der Waals surface area contributed by atoms with E-state index in [4.69, 9.17) is 12.2 Å². The van der Waals surface area contributed by atoms with Crippen molar-refractivity contribution < 1.29 is 9.18 Å². The van der Waals surface area contributed by atoms with Crippen LogP contribution >= 0.6 is 28.1 Å². The predicted octanol–water partition coefficient (Wildman–Crippen LogP) is 6.47. The van der Waals surface area contributed by atoms with Crippen molar-refractivity contribution >= 4 is 61.8 Å². The van der Waals surface area contributed by atoms with Crippen LogP contribution in [0.1, 0.15) is 22.3 Å². The second kappa shape index (κ2) is 8.81. The zero-order chi connectivity index (χ0) is 24.0. The lowest BCUT2D eigenvalue weighted by molar-refractivity contribution is -0.113. The second-order valence-corrected chi connectivity index (χ2v) is 9.66. The van der Waals surface area contributed by atoms with Gasteiger partial charge < -0.3 is 9.88 Å². The molecule has 1 aliphatic rings. The lowest BCUT2D eigenvalue weighted by atomic mass is 10.1. The van der Waals surface area contributed by atoms with Crippen molar-refractivity contribution in [3.63, 3.8) is 0 Å². The number of fused-ring (bicyclic) bond motifs is 1. The molecule has 1 amide bonds. The highest BCUT2D eigenvalue weighted by atomic mass is 79.9. The Morgan fingerprint density at radius 3 is 2.62 bits per heavy atom. The average Bonchev–Trinajstić information content (AvgIpc) is 3.27. The monoisotopic (exact) mass is 533 g/mol. The molecule has 0 aliphatic carbocycles. The number of amides is 1. The summed E-state index contributed by atoms with van der Waals surface area (Å²) in [5.41, 5.74) is 5.75. The van der Waals surface area contributed by atoms with E-state index in [0.717, 1.165) is 37.8 Å². The standard InChI is InChI=1S/C27H21BrFN3OS/c1-16-7-9-21(11-17(16)2)32-26(33)24(30-27(32)34)12-19-15-31(14-18-5-3-4-6-23(18)29)25-10-8-20(28)13-22(19)25/h3-13,15H,14H2,1-2H3,(H,30,34)/b24-12-. The molecule has 4 aromatic rings. The largest absolute Gasteiger partial charge is 0.342 e. The summed E-state index contributed by atoms with van der Waals surface area (Å²) in [7, 11) is 0. The van der Waals surface area contributed by atoms with Crippen LogP contribution in [-0.2, 0) is 11.3 Å². The number of benzene rings is 3. The molecular formula is C27H21BrFN3OS. The molecule has 0 saturated carbocycles. The zero-order valence-electron chi connectivity index (χ0n) is 18.6. The van der Waals surface area contributed by atoms with Gasteiger partial charge in [0.2, 0.25) is 0 Å². The summed E-state index contributed by atoms with van der Waals surface area (Å²) in [6.07, 6.45) is 3.75. The van der Waals surface area contributed by atoms with E-state index in [-0.39, 0.29) is 11.7 Å². The van der Waals surface area contributed by atoms with E-state index < -0.39 is 0 Å². The molecule has 3 aromatic carbocycles. The molecule has 1 N–H and O–H groups in total. The number of nitrogens with one attached hydrogen (secondary N) is 1. The van der Waals surface area contributed by atoms with Crippen molar-refractivity contribution in [3.8, 4) is 0 Å². The van der Waals surface area contributed by atoms with Crippen molar-refractivity contribution in [2.24, 2.45) is 0 Å². The van der Waals surface area contributed by atoms with Crippen LogP contribution in [0.25, 0.3) is 17.0 Å². The number of aromatic nitrogens is 1. The molecule has 1 aliphatic heterocycles. The molecule has 5 rings (SSSR count). The van der Waals surface area contributed by atoms with E-state index in [9.17, 15) is 9.18 Å². The van der Waals surface area contributed by atoms with Gasteiger partial charge in [0, 0.05) is 32.7 Å². The van der Waals surface area contributed by atoms with Crippen LogP contribution in [0.2, 0.25) is 0 Å². The number of carbonyl (C=O) groups excluding carboxylic acids is 1. The van der Waals surface area contributed by atoms with Gasteiger partial charge in [-0.3, -0.25) is 9.69 Å². The van der Waals surface area contributed by atoms with E-state index >= 15 is 0 Å². The van der Waals surface area contributed by atoms with E-state index in [0.29, 0.717) is 22.9 Å². The molecule has 34 heavy (non-hydrogen) atoms. The van der Waals surface area contributed by atoms with Crippen molar-refractivity contribution in [3.05, 3.63) is 105 Å². The maximum Gasteiger partial charge on any atom is 0.281 e. The minimum absolute atomic E-state index is 0.210. The number of anilines is 1.